The molecule has 1 heteroatoms. The SMILES string of the molecule is CC(C)CC1(C(=O)c2ccc3ccccc3c2)CCCC1. The van der Waals surface area contributed by atoms with E-state index in [2.05, 4.69) is 38.1 Å². The Balaban J connectivity index is 1.97. The summed E-state index contributed by atoms with van der Waals surface area (Å²) in [6.07, 6.45) is 5.56. The summed E-state index contributed by atoms with van der Waals surface area (Å²) in [4.78, 5) is 13.1. The molecule has 0 spiro atoms. The van der Waals surface area contributed by atoms with Gasteiger partial charge in [0.25, 0.3) is 0 Å². The lowest BCUT2D eigenvalue weighted by Gasteiger charge is -2.29. The van der Waals surface area contributed by atoms with E-state index in [1.54, 1.807) is 0 Å². The van der Waals surface area contributed by atoms with Gasteiger partial charge >= 0.3 is 0 Å². The lowest BCUT2D eigenvalue weighted by Crippen LogP contribution is -2.29. The van der Waals surface area contributed by atoms with Crippen molar-refractivity contribution in [1.82, 2.24) is 0 Å². The van der Waals surface area contributed by atoms with E-state index in [9.17, 15) is 4.79 Å². The van der Waals surface area contributed by atoms with E-state index in [0.717, 1.165) is 24.8 Å². The minimum Gasteiger partial charge on any atom is -0.294 e. The highest BCUT2D eigenvalue weighted by atomic mass is 16.1. The molecule has 1 nitrogen and oxygen atoms in total. The quantitative estimate of drug-likeness (QED) is 0.663. The summed E-state index contributed by atoms with van der Waals surface area (Å²) >= 11 is 0. The lowest BCUT2D eigenvalue weighted by molar-refractivity contribution is 0.0760. The summed E-state index contributed by atoms with van der Waals surface area (Å²) in [6, 6.07) is 14.5. The number of ketones is 1. The van der Waals surface area contributed by atoms with Gasteiger partial charge in [0.2, 0.25) is 0 Å². The summed E-state index contributed by atoms with van der Waals surface area (Å²) in [7, 11) is 0. The summed E-state index contributed by atoms with van der Waals surface area (Å²) in [5.41, 5.74) is 0.799. The van der Waals surface area contributed by atoms with Crippen LogP contribution in [0.4, 0.5) is 0 Å². The topological polar surface area (TPSA) is 17.1 Å². The molecule has 1 fully saturated rings. The minimum absolute atomic E-state index is 0.101. The number of rotatable bonds is 4. The molecular weight excluding hydrogens is 256 g/mol. The van der Waals surface area contributed by atoms with Crippen LogP contribution in [-0.2, 0) is 0 Å². The molecule has 0 atom stereocenters. The van der Waals surface area contributed by atoms with E-state index >= 15 is 0 Å². The molecule has 0 amide bonds. The number of carbonyl (C=O) groups is 1. The van der Waals surface area contributed by atoms with E-state index in [-0.39, 0.29) is 5.41 Å². The van der Waals surface area contributed by atoms with Crippen LogP contribution in [0.1, 0.15) is 56.3 Å². The fourth-order valence-electron chi connectivity index (χ4n) is 3.99. The first-order chi connectivity index (χ1) is 10.1. The van der Waals surface area contributed by atoms with E-state index in [4.69, 9.17) is 0 Å². The zero-order valence-electron chi connectivity index (χ0n) is 13.1. The number of benzene rings is 2. The van der Waals surface area contributed by atoms with Crippen molar-refractivity contribution in [1.29, 1.82) is 0 Å². The Bertz CT molecular complexity index is 648. The molecule has 0 radical (unpaired) electrons. The molecule has 2 aromatic carbocycles. The second-order valence-electron chi connectivity index (χ2n) is 6.98. The van der Waals surface area contributed by atoms with Gasteiger partial charge in [-0.2, -0.15) is 0 Å². The Labute approximate surface area is 127 Å². The highest BCUT2D eigenvalue weighted by molar-refractivity contribution is 6.03. The fraction of sp³-hybridized carbons (Fsp3) is 0.450. The van der Waals surface area contributed by atoms with Crippen LogP contribution >= 0.6 is 0 Å². The molecule has 0 N–H and O–H groups in total. The maximum atomic E-state index is 13.1. The third-order valence-electron chi connectivity index (χ3n) is 4.85. The molecule has 1 aliphatic rings. The minimum atomic E-state index is -0.101. The van der Waals surface area contributed by atoms with Crippen molar-refractivity contribution in [3.05, 3.63) is 48.0 Å². The van der Waals surface area contributed by atoms with Crippen LogP contribution < -0.4 is 0 Å². The highest BCUT2D eigenvalue weighted by Crippen LogP contribution is 2.45. The van der Waals surface area contributed by atoms with Gasteiger partial charge in [0, 0.05) is 11.0 Å². The Hall–Kier alpha value is -1.63. The first-order valence-corrected chi connectivity index (χ1v) is 8.14. The van der Waals surface area contributed by atoms with Gasteiger partial charge in [-0.15, -0.1) is 0 Å². The van der Waals surface area contributed by atoms with Crippen molar-refractivity contribution in [3.8, 4) is 0 Å². The zero-order chi connectivity index (χ0) is 14.9. The Morgan fingerprint density at radius 1 is 1.05 bits per heavy atom. The molecule has 0 aromatic heterocycles. The first-order valence-electron chi connectivity index (χ1n) is 8.14. The average Bonchev–Trinajstić information content (AvgIpc) is 2.95. The van der Waals surface area contributed by atoms with Crippen molar-refractivity contribution >= 4 is 16.6 Å². The van der Waals surface area contributed by atoms with Gasteiger partial charge in [-0.3, -0.25) is 4.79 Å². The van der Waals surface area contributed by atoms with Crippen LogP contribution in [0.25, 0.3) is 10.8 Å². The number of hydrogen-bond acceptors (Lipinski definition) is 1. The van der Waals surface area contributed by atoms with Crippen LogP contribution in [0, 0.1) is 11.3 Å². The van der Waals surface area contributed by atoms with Crippen LogP contribution in [0.15, 0.2) is 42.5 Å². The summed E-state index contributed by atoms with van der Waals surface area (Å²) in [6.45, 7) is 4.46. The van der Waals surface area contributed by atoms with Gasteiger partial charge in [-0.1, -0.05) is 63.1 Å². The van der Waals surface area contributed by atoms with Crippen molar-refractivity contribution in [3.63, 3.8) is 0 Å². The van der Waals surface area contributed by atoms with Crippen molar-refractivity contribution in [2.75, 3.05) is 0 Å². The van der Waals surface area contributed by atoms with Crippen molar-refractivity contribution < 1.29 is 4.79 Å². The smallest absolute Gasteiger partial charge is 0.169 e. The fourth-order valence-corrected chi connectivity index (χ4v) is 3.99. The third-order valence-corrected chi connectivity index (χ3v) is 4.85. The van der Waals surface area contributed by atoms with Gasteiger partial charge in [-0.25, -0.2) is 0 Å². The molecule has 3 rings (SSSR count). The monoisotopic (exact) mass is 280 g/mol. The summed E-state index contributed by atoms with van der Waals surface area (Å²) in [5, 5.41) is 2.37. The molecule has 1 saturated carbocycles. The predicted octanol–water partition coefficient (Wildman–Crippen LogP) is 5.63. The van der Waals surface area contributed by atoms with Gasteiger partial charge in [0.15, 0.2) is 5.78 Å². The van der Waals surface area contributed by atoms with Gasteiger partial charge in [-0.05, 0) is 42.0 Å². The van der Waals surface area contributed by atoms with Gasteiger partial charge in [0.05, 0.1) is 0 Å². The number of carbonyl (C=O) groups excluding carboxylic acids is 1. The largest absolute Gasteiger partial charge is 0.294 e. The van der Waals surface area contributed by atoms with E-state index in [1.807, 2.05) is 18.2 Å². The zero-order valence-corrected chi connectivity index (χ0v) is 13.1. The molecule has 0 saturated heterocycles. The van der Waals surface area contributed by atoms with E-state index in [1.165, 1.54) is 23.6 Å². The Morgan fingerprint density at radius 2 is 1.71 bits per heavy atom. The molecular formula is C20H24O. The average molecular weight is 280 g/mol. The summed E-state index contributed by atoms with van der Waals surface area (Å²) < 4.78 is 0. The maximum absolute atomic E-state index is 13.1. The molecule has 21 heavy (non-hydrogen) atoms. The molecule has 1 aliphatic carbocycles. The van der Waals surface area contributed by atoms with Gasteiger partial charge < -0.3 is 0 Å². The van der Waals surface area contributed by atoms with E-state index in [0.29, 0.717) is 11.7 Å². The molecule has 0 aliphatic heterocycles. The molecule has 0 unspecified atom stereocenters. The lowest BCUT2D eigenvalue weighted by atomic mass is 9.73. The second kappa shape index (κ2) is 5.63. The molecule has 2 aromatic rings. The highest BCUT2D eigenvalue weighted by Gasteiger charge is 2.41. The van der Waals surface area contributed by atoms with Crippen molar-refractivity contribution in [2.24, 2.45) is 11.3 Å². The second-order valence-corrected chi connectivity index (χ2v) is 6.98. The van der Waals surface area contributed by atoms with E-state index < -0.39 is 0 Å². The number of hydrogen-bond donors (Lipinski definition) is 0. The Kier molecular flexibility index (Phi) is 3.84. The standard InChI is InChI=1S/C20H24O/c1-15(2)14-20(11-5-6-12-20)19(21)18-10-9-16-7-3-4-8-17(16)13-18/h3-4,7-10,13,15H,5-6,11-12,14H2,1-2H3. The number of Topliss-reactive ketones (excluding diaryl/α,β-unsaturated/α-hetero) is 1. The number of fused-ring (bicyclic) bond motifs is 1. The van der Waals surface area contributed by atoms with Crippen LogP contribution in [0.2, 0.25) is 0 Å². The van der Waals surface area contributed by atoms with Crippen LogP contribution in [0.5, 0.6) is 0 Å². The molecule has 0 heterocycles. The van der Waals surface area contributed by atoms with Crippen LogP contribution in [-0.4, -0.2) is 5.78 Å². The first kappa shape index (κ1) is 14.3. The molecule has 110 valence electrons. The molecule has 0 bridgehead atoms. The van der Waals surface area contributed by atoms with Gasteiger partial charge in [0.1, 0.15) is 0 Å². The predicted molar refractivity (Wildman–Crippen MR) is 88.6 cm³/mol. The Morgan fingerprint density at radius 3 is 2.38 bits per heavy atom. The summed E-state index contributed by atoms with van der Waals surface area (Å²) in [5.74, 6) is 0.951. The van der Waals surface area contributed by atoms with Crippen LogP contribution in [0.3, 0.4) is 0 Å². The van der Waals surface area contributed by atoms with Crippen molar-refractivity contribution in [2.45, 2.75) is 46.0 Å². The normalized spacial score (nSPS) is 17.5. The third kappa shape index (κ3) is 2.74. The maximum Gasteiger partial charge on any atom is 0.169 e.